The molecule has 4 aliphatic carbocycles. The van der Waals surface area contributed by atoms with Gasteiger partial charge in [0.05, 0.1) is 13.2 Å². The molecule has 1 aliphatic heterocycles. The number of rotatable bonds is 5. The molecule has 35 heavy (non-hydrogen) atoms. The van der Waals surface area contributed by atoms with E-state index >= 15 is 0 Å². The minimum absolute atomic E-state index is 0.114. The molecular formula is C27H33N5O3. The van der Waals surface area contributed by atoms with Crippen LogP contribution in [-0.4, -0.2) is 59.2 Å². The standard InChI is InChI=1S/C27H33N5O3/c1-18-4-2-5-21(28-18)24(33)30-26-13-19-12-20(14-26)16-27(15-19,17-26)31-25(34)22-6-3-7-23(29-22)32-8-10-35-11-9-32/h2-7,19-20H,8-17H2,1H3,(H,30,33)(H,31,34). The molecule has 5 aliphatic rings. The van der Waals surface area contributed by atoms with E-state index in [1.54, 1.807) is 12.1 Å². The molecule has 2 aromatic rings. The smallest absolute Gasteiger partial charge is 0.270 e. The second-order valence-electron chi connectivity index (χ2n) is 11.1. The van der Waals surface area contributed by atoms with E-state index in [0.29, 0.717) is 36.4 Å². The first-order valence-corrected chi connectivity index (χ1v) is 12.8. The highest BCUT2D eigenvalue weighted by atomic mass is 16.5. The van der Waals surface area contributed by atoms with Crippen LogP contribution in [0.5, 0.6) is 0 Å². The van der Waals surface area contributed by atoms with E-state index in [-0.39, 0.29) is 22.9 Å². The number of carbonyl (C=O) groups excluding carboxylic acids is 2. The number of amides is 2. The van der Waals surface area contributed by atoms with E-state index in [9.17, 15) is 9.59 Å². The lowest BCUT2D eigenvalue weighted by Gasteiger charge is -2.62. The van der Waals surface area contributed by atoms with Gasteiger partial charge >= 0.3 is 0 Å². The molecule has 2 unspecified atom stereocenters. The average molecular weight is 476 g/mol. The molecule has 2 amide bonds. The first kappa shape index (κ1) is 22.5. The number of aromatic nitrogens is 2. The second kappa shape index (κ2) is 8.59. The number of aryl methyl sites for hydroxylation is 1. The van der Waals surface area contributed by atoms with Crippen LogP contribution in [-0.2, 0) is 4.74 Å². The molecule has 1 saturated heterocycles. The molecular weight excluding hydrogens is 442 g/mol. The lowest BCUT2D eigenvalue weighted by molar-refractivity contribution is -0.0449. The first-order chi connectivity index (χ1) is 16.9. The Morgan fingerprint density at radius 1 is 0.886 bits per heavy atom. The van der Waals surface area contributed by atoms with Gasteiger partial charge in [0, 0.05) is 29.9 Å². The van der Waals surface area contributed by atoms with Gasteiger partial charge in [-0.2, -0.15) is 0 Å². The summed E-state index contributed by atoms with van der Waals surface area (Å²) in [5.41, 5.74) is 1.15. The third-order valence-electron chi connectivity index (χ3n) is 8.24. The van der Waals surface area contributed by atoms with Crippen molar-refractivity contribution in [3.63, 3.8) is 0 Å². The van der Waals surface area contributed by atoms with Crippen LogP contribution in [0.25, 0.3) is 0 Å². The molecule has 0 aromatic carbocycles. The fourth-order valence-electron chi connectivity index (χ4n) is 7.35. The lowest BCUT2D eigenvalue weighted by Crippen LogP contribution is -2.70. The van der Waals surface area contributed by atoms with Crippen LogP contribution < -0.4 is 15.5 Å². The quantitative estimate of drug-likeness (QED) is 0.690. The van der Waals surface area contributed by atoms with Crippen LogP contribution in [0.4, 0.5) is 5.82 Å². The monoisotopic (exact) mass is 475 g/mol. The van der Waals surface area contributed by atoms with Gasteiger partial charge in [0.2, 0.25) is 0 Å². The van der Waals surface area contributed by atoms with Crippen LogP contribution in [0.15, 0.2) is 36.4 Å². The maximum atomic E-state index is 13.4. The molecule has 7 rings (SSSR count). The van der Waals surface area contributed by atoms with Crippen molar-refractivity contribution in [3.8, 4) is 0 Å². The molecule has 8 heteroatoms. The summed E-state index contributed by atoms with van der Waals surface area (Å²) in [6.45, 7) is 4.81. The number of nitrogens with one attached hydrogen (secondary N) is 2. The van der Waals surface area contributed by atoms with Gasteiger partial charge in [-0.3, -0.25) is 9.59 Å². The number of morpholine rings is 1. The molecule has 0 radical (unpaired) electrons. The van der Waals surface area contributed by atoms with Gasteiger partial charge in [-0.15, -0.1) is 0 Å². The molecule has 2 N–H and O–H groups in total. The summed E-state index contributed by atoms with van der Waals surface area (Å²) in [4.78, 5) is 37.8. The zero-order valence-electron chi connectivity index (χ0n) is 20.3. The SMILES string of the molecule is Cc1cccc(C(=O)NC23CC4CC(C2)CC(NC(=O)c2cccc(N5CCOCC5)n2)(C4)C3)n1. The summed E-state index contributed by atoms with van der Waals surface area (Å²) in [5.74, 6) is 1.60. The Labute approximate surface area is 205 Å². The molecule has 3 heterocycles. The minimum Gasteiger partial charge on any atom is -0.378 e. The highest BCUT2D eigenvalue weighted by Crippen LogP contribution is 2.57. The van der Waals surface area contributed by atoms with E-state index in [2.05, 4.69) is 25.5 Å². The normalized spacial score (nSPS) is 31.3. The number of carbonyl (C=O) groups is 2. The van der Waals surface area contributed by atoms with Crippen molar-refractivity contribution in [2.24, 2.45) is 11.8 Å². The third-order valence-corrected chi connectivity index (χ3v) is 8.24. The van der Waals surface area contributed by atoms with Crippen molar-refractivity contribution in [3.05, 3.63) is 53.5 Å². The topological polar surface area (TPSA) is 96.5 Å². The van der Waals surface area contributed by atoms with E-state index in [4.69, 9.17) is 4.74 Å². The number of pyridine rings is 2. The fourth-order valence-corrected chi connectivity index (χ4v) is 7.35. The zero-order chi connectivity index (χ0) is 24.0. The third kappa shape index (κ3) is 4.40. The Bertz CT molecular complexity index is 1130. The van der Waals surface area contributed by atoms with E-state index in [1.165, 1.54) is 6.42 Å². The van der Waals surface area contributed by atoms with E-state index < -0.39 is 0 Å². The van der Waals surface area contributed by atoms with Crippen molar-refractivity contribution in [2.45, 2.75) is 56.5 Å². The molecule has 2 atom stereocenters. The molecule has 184 valence electrons. The number of hydrogen-bond acceptors (Lipinski definition) is 6. The Hall–Kier alpha value is -3.00. The van der Waals surface area contributed by atoms with Crippen LogP contribution >= 0.6 is 0 Å². The van der Waals surface area contributed by atoms with E-state index in [0.717, 1.165) is 56.7 Å². The summed E-state index contributed by atoms with van der Waals surface area (Å²) in [6.07, 6.45) is 5.84. The number of nitrogens with zero attached hydrogens (tertiary/aromatic N) is 3. The zero-order valence-corrected chi connectivity index (χ0v) is 20.3. The number of anilines is 1. The molecule has 8 nitrogen and oxygen atoms in total. The van der Waals surface area contributed by atoms with Crippen molar-refractivity contribution in [1.29, 1.82) is 0 Å². The predicted molar refractivity (Wildman–Crippen MR) is 131 cm³/mol. The molecule has 0 spiro atoms. The van der Waals surface area contributed by atoms with Crippen molar-refractivity contribution < 1.29 is 14.3 Å². The van der Waals surface area contributed by atoms with Crippen LogP contribution in [0.1, 0.15) is 65.2 Å². The van der Waals surface area contributed by atoms with Crippen LogP contribution in [0.2, 0.25) is 0 Å². The highest BCUT2D eigenvalue weighted by molar-refractivity contribution is 5.94. The molecule has 4 saturated carbocycles. The Balaban J connectivity index is 1.20. The van der Waals surface area contributed by atoms with E-state index in [1.807, 2.05) is 31.2 Å². The van der Waals surface area contributed by atoms with Crippen molar-refractivity contribution in [1.82, 2.24) is 20.6 Å². The Morgan fingerprint density at radius 3 is 2.06 bits per heavy atom. The van der Waals surface area contributed by atoms with Crippen molar-refractivity contribution in [2.75, 3.05) is 31.2 Å². The van der Waals surface area contributed by atoms with Crippen LogP contribution in [0, 0.1) is 18.8 Å². The summed E-state index contributed by atoms with van der Waals surface area (Å²) in [6, 6.07) is 11.2. The largest absolute Gasteiger partial charge is 0.378 e. The van der Waals surface area contributed by atoms with Gasteiger partial charge in [0.1, 0.15) is 17.2 Å². The van der Waals surface area contributed by atoms with Gasteiger partial charge < -0.3 is 20.3 Å². The molecule has 2 aromatic heterocycles. The predicted octanol–water partition coefficient (Wildman–Crippen LogP) is 2.87. The maximum Gasteiger partial charge on any atom is 0.270 e. The fraction of sp³-hybridized carbons (Fsp3) is 0.556. The number of ether oxygens (including phenoxy) is 1. The summed E-state index contributed by atoms with van der Waals surface area (Å²) < 4.78 is 5.45. The maximum absolute atomic E-state index is 13.4. The Morgan fingerprint density at radius 2 is 1.46 bits per heavy atom. The van der Waals surface area contributed by atoms with Crippen LogP contribution in [0.3, 0.4) is 0 Å². The average Bonchev–Trinajstić information content (AvgIpc) is 2.83. The summed E-state index contributed by atoms with van der Waals surface area (Å²) in [7, 11) is 0. The summed E-state index contributed by atoms with van der Waals surface area (Å²) in [5, 5.41) is 6.78. The van der Waals surface area contributed by atoms with Gasteiger partial charge in [0.15, 0.2) is 0 Å². The van der Waals surface area contributed by atoms with Gasteiger partial charge in [-0.1, -0.05) is 12.1 Å². The van der Waals surface area contributed by atoms with Gasteiger partial charge in [0.25, 0.3) is 11.8 Å². The lowest BCUT2D eigenvalue weighted by atomic mass is 9.49. The Kier molecular flexibility index (Phi) is 5.51. The number of hydrogen-bond donors (Lipinski definition) is 2. The highest BCUT2D eigenvalue weighted by Gasteiger charge is 2.58. The van der Waals surface area contributed by atoms with Gasteiger partial charge in [-0.05, 0) is 81.5 Å². The molecule has 4 bridgehead atoms. The second-order valence-corrected chi connectivity index (χ2v) is 11.1. The summed E-state index contributed by atoms with van der Waals surface area (Å²) >= 11 is 0. The van der Waals surface area contributed by atoms with Gasteiger partial charge in [-0.25, -0.2) is 9.97 Å². The minimum atomic E-state index is -0.300. The van der Waals surface area contributed by atoms with Crippen molar-refractivity contribution >= 4 is 17.6 Å². The first-order valence-electron chi connectivity index (χ1n) is 12.8. The molecule has 5 fully saturated rings.